The number of hydrogen-bond acceptors (Lipinski definition) is 4. The molecule has 0 radical (unpaired) electrons. The number of ether oxygens (including phenoxy) is 1. The topological polar surface area (TPSA) is 50.4 Å². The Labute approximate surface area is 107 Å². The Hall–Kier alpha value is -1.39. The summed E-state index contributed by atoms with van der Waals surface area (Å²) in [5.41, 5.74) is 6.79. The molecule has 0 aromatic heterocycles. The molecule has 2 atom stereocenters. The lowest BCUT2D eigenvalue weighted by atomic mass is 9.95. The second-order valence-corrected chi connectivity index (χ2v) is 5.26. The van der Waals surface area contributed by atoms with Crippen LogP contribution in [0, 0.1) is 5.92 Å². The Kier molecular flexibility index (Phi) is 3.06. The summed E-state index contributed by atoms with van der Waals surface area (Å²) < 4.78 is 5.45. The van der Waals surface area contributed by atoms with Crippen molar-refractivity contribution < 1.29 is 9.53 Å². The Bertz CT molecular complexity index is 431. The first-order chi connectivity index (χ1) is 8.78. The van der Waals surface area contributed by atoms with Gasteiger partial charge in [-0.3, -0.25) is 5.43 Å². The average molecular weight is 246 g/mol. The number of carbonyl (C=O) groups is 1. The lowest BCUT2D eigenvalue weighted by Crippen LogP contribution is -2.60. The van der Waals surface area contributed by atoms with Crippen LogP contribution < -0.4 is 10.9 Å². The van der Waals surface area contributed by atoms with Crippen LogP contribution in [0.15, 0.2) is 30.3 Å². The highest BCUT2D eigenvalue weighted by Gasteiger charge is 2.48. The SMILES string of the molecule is O=C(OCc1ccccc1)[C@@]12CC[C@@H](CNN1)C2. The van der Waals surface area contributed by atoms with Gasteiger partial charge in [-0.1, -0.05) is 30.3 Å². The standard InChI is InChI=1S/C14H18N2O2/c17-13(18-10-11-4-2-1-3-5-11)14-7-6-12(8-14)9-15-16-14/h1-5,12,15-16H,6-10H2/t12-,14+/m1/s1. The van der Waals surface area contributed by atoms with Gasteiger partial charge in [0.1, 0.15) is 12.1 Å². The van der Waals surface area contributed by atoms with E-state index in [2.05, 4.69) is 10.9 Å². The van der Waals surface area contributed by atoms with Crippen LogP contribution in [-0.2, 0) is 16.1 Å². The van der Waals surface area contributed by atoms with Crippen molar-refractivity contribution in [3.8, 4) is 0 Å². The van der Waals surface area contributed by atoms with Gasteiger partial charge in [0.15, 0.2) is 0 Å². The van der Waals surface area contributed by atoms with Crippen LogP contribution >= 0.6 is 0 Å². The van der Waals surface area contributed by atoms with Gasteiger partial charge >= 0.3 is 5.97 Å². The monoisotopic (exact) mass is 246 g/mol. The molecular formula is C14H18N2O2. The fourth-order valence-corrected chi connectivity index (χ4v) is 2.90. The van der Waals surface area contributed by atoms with E-state index >= 15 is 0 Å². The minimum Gasteiger partial charge on any atom is -0.459 e. The zero-order valence-electron chi connectivity index (χ0n) is 10.3. The molecule has 2 fully saturated rings. The highest BCUT2D eigenvalue weighted by molar-refractivity contribution is 5.81. The van der Waals surface area contributed by atoms with Crippen molar-refractivity contribution in [2.24, 2.45) is 5.92 Å². The maximum absolute atomic E-state index is 12.2. The highest BCUT2D eigenvalue weighted by Crippen LogP contribution is 2.37. The molecule has 96 valence electrons. The van der Waals surface area contributed by atoms with E-state index in [0.717, 1.165) is 31.4 Å². The Morgan fingerprint density at radius 2 is 2.22 bits per heavy atom. The average Bonchev–Trinajstić information content (AvgIpc) is 2.73. The van der Waals surface area contributed by atoms with Crippen molar-refractivity contribution in [1.82, 2.24) is 10.9 Å². The predicted octanol–water partition coefficient (Wildman–Crippen LogP) is 1.38. The number of carbonyl (C=O) groups excluding carboxylic acids is 1. The molecule has 2 aliphatic rings. The lowest BCUT2D eigenvalue weighted by molar-refractivity contribution is -0.154. The molecule has 0 amide bonds. The minimum atomic E-state index is -0.488. The molecule has 1 aliphatic heterocycles. The van der Waals surface area contributed by atoms with Gasteiger partial charge < -0.3 is 4.74 Å². The van der Waals surface area contributed by atoms with Crippen molar-refractivity contribution >= 4 is 5.97 Å². The fraction of sp³-hybridized carbons (Fsp3) is 0.500. The molecule has 4 nitrogen and oxygen atoms in total. The van der Waals surface area contributed by atoms with Crippen LogP contribution in [0.5, 0.6) is 0 Å². The number of benzene rings is 1. The normalized spacial score (nSPS) is 30.1. The van der Waals surface area contributed by atoms with Gasteiger partial charge in [0, 0.05) is 6.54 Å². The summed E-state index contributed by atoms with van der Waals surface area (Å²) in [7, 11) is 0. The van der Waals surface area contributed by atoms with Crippen LogP contribution in [-0.4, -0.2) is 18.1 Å². The van der Waals surface area contributed by atoms with Crippen molar-refractivity contribution in [3.63, 3.8) is 0 Å². The summed E-state index contributed by atoms with van der Waals surface area (Å²) in [6, 6.07) is 9.79. The largest absolute Gasteiger partial charge is 0.459 e. The summed E-state index contributed by atoms with van der Waals surface area (Å²) in [6.45, 7) is 1.31. The summed E-state index contributed by atoms with van der Waals surface area (Å²) in [6.07, 6.45) is 2.87. The van der Waals surface area contributed by atoms with Gasteiger partial charge in [-0.05, 0) is 30.7 Å². The molecule has 1 saturated heterocycles. The number of nitrogens with one attached hydrogen (secondary N) is 2. The maximum atomic E-state index is 12.2. The maximum Gasteiger partial charge on any atom is 0.327 e. The van der Waals surface area contributed by atoms with E-state index in [9.17, 15) is 4.79 Å². The zero-order valence-corrected chi connectivity index (χ0v) is 10.3. The highest BCUT2D eigenvalue weighted by atomic mass is 16.5. The zero-order chi connectivity index (χ0) is 12.4. The first kappa shape index (κ1) is 11.7. The second kappa shape index (κ2) is 4.71. The Morgan fingerprint density at radius 3 is 3.06 bits per heavy atom. The first-order valence-electron chi connectivity index (χ1n) is 6.50. The van der Waals surface area contributed by atoms with Crippen LogP contribution in [0.4, 0.5) is 0 Å². The molecule has 0 spiro atoms. The van der Waals surface area contributed by atoms with Crippen molar-refractivity contribution in [2.75, 3.05) is 6.54 Å². The van der Waals surface area contributed by atoms with E-state index < -0.39 is 5.54 Å². The second-order valence-electron chi connectivity index (χ2n) is 5.26. The molecule has 1 aromatic rings. The summed E-state index contributed by atoms with van der Waals surface area (Å²) in [5, 5.41) is 0. The molecule has 1 heterocycles. The first-order valence-corrected chi connectivity index (χ1v) is 6.50. The number of esters is 1. The van der Waals surface area contributed by atoms with E-state index in [0.29, 0.717) is 12.5 Å². The molecule has 2 N–H and O–H groups in total. The molecule has 18 heavy (non-hydrogen) atoms. The predicted molar refractivity (Wildman–Crippen MR) is 67.4 cm³/mol. The summed E-state index contributed by atoms with van der Waals surface area (Å²) >= 11 is 0. The van der Waals surface area contributed by atoms with Gasteiger partial charge in [0.05, 0.1) is 0 Å². The minimum absolute atomic E-state index is 0.124. The molecule has 3 rings (SSSR count). The smallest absolute Gasteiger partial charge is 0.327 e. The van der Waals surface area contributed by atoms with E-state index in [1.54, 1.807) is 0 Å². The van der Waals surface area contributed by atoms with Crippen molar-refractivity contribution in [2.45, 2.75) is 31.4 Å². The molecular weight excluding hydrogens is 228 g/mol. The summed E-state index contributed by atoms with van der Waals surface area (Å²) in [4.78, 5) is 12.2. The quantitative estimate of drug-likeness (QED) is 0.791. The number of fused-ring (bicyclic) bond motifs is 2. The summed E-state index contributed by atoms with van der Waals surface area (Å²) in [5.74, 6) is 0.483. The van der Waals surface area contributed by atoms with Gasteiger partial charge in [0.25, 0.3) is 0 Å². The van der Waals surface area contributed by atoms with Crippen LogP contribution in [0.3, 0.4) is 0 Å². The third kappa shape index (κ3) is 2.13. The molecule has 1 aromatic carbocycles. The number of hydrogen-bond donors (Lipinski definition) is 2. The third-order valence-corrected chi connectivity index (χ3v) is 3.94. The van der Waals surface area contributed by atoms with E-state index in [-0.39, 0.29) is 5.97 Å². The van der Waals surface area contributed by atoms with E-state index in [4.69, 9.17) is 4.74 Å². The van der Waals surface area contributed by atoms with Gasteiger partial charge in [-0.25, -0.2) is 10.2 Å². The van der Waals surface area contributed by atoms with E-state index in [1.807, 2.05) is 30.3 Å². The van der Waals surface area contributed by atoms with Gasteiger partial charge in [-0.2, -0.15) is 0 Å². The fourth-order valence-electron chi connectivity index (χ4n) is 2.90. The van der Waals surface area contributed by atoms with E-state index in [1.165, 1.54) is 0 Å². The Morgan fingerprint density at radius 1 is 1.39 bits per heavy atom. The molecule has 2 bridgehead atoms. The Balaban J connectivity index is 1.62. The number of hydrazine groups is 1. The van der Waals surface area contributed by atoms with Gasteiger partial charge in [-0.15, -0.1) is 0 Å². The van der Waals surface area contributed by atoms with Crippen LogP contribution in [0.1, 0.15) is 24.8 Å². The van der Waals surface area contributed by atoms with Crippen LogP contribution in [0.25, 0.3) is 0 Å². The van der Waals surface area contributed by atoms with Crippen molar-refractivity contribution in [1.29, 1.82) is 0 Å². The van der Waals surface area contributed by atoms with Gasteiger partial charge in [0.2, 0.25) is 0 Å². The molecule has 1 aliphatic carbocycles. The lowest BCUT2D eigenvalue weighted by Gasteiger charge is -2.32. The van der Waals surface area contributed by atoms with Crippen LogP contribution in [0.2, 0.25) is 0 Å². The third-order valence-electron chi connectivity index (χ3n) is 3.94. The van der Waals surface area contributed by atoms with Crippen molar-refractivity contribution in [3.05, 3.63) is 35.9 Å². The molecule has 0 unspecified atom stereocenters. The molecule has 1 saturated carbocycles. The number of rotatable bonds is 3. The molecule has 4 heteroatoms.